The fourth-order valence-corrected chi connectivity index (χ4v) is 5.77. The highest BCUT2D eigenvalue weighted by molar-refractivity contribution is 7.92. The van der Waals surface area contributed by atoms with Gasteiger partial charge in [-0.25, -0.2) is 8.42 Å². The summed E-state index contributed by atoms with van der Waals surface area (Å²) in [4.78, 5) is 11.1. The zero-order valence-corrected chi connectivity index (χ0v) is 20.6. The first-order chi connectivity index (χ1) is 17.4. The van der Waals surface area contributed by atoms with Crippen LogP contribution in [0.3, 0.4) is 0 Å². The molecule has 0 saturated heterocycles. The maximum absolute atomic E-state index is 13.1. The first kappa shape index (κ1) is 25.5. The Kier molecular flexibility index (Phi) is 8.07. The molecule has 36 heavy (non-hydrogen) atoms. The second-order valence-electron chi connectivity index (χ2n) is 8.55. The van der Waals surface area contributed by atoms with E-state index in [2.05, 4.69) is 0 Å². The van der Waals surface area contributed by atoms with Gasteiger partial charge >= 0.3 is 5.97 Å². The summed E-state index contributed by atoms with van der Waals surface area (Å²) in [5, 5.41) is 19.4. The number of anilines is 1. The van der Waals surface area contributed by atoms with Crippen LogP contribution in [0.2, 0.25) is 0 Å². The molecule has 1 atom stereocenters. The highest BCUT2D eigenvalue weighted by Crippen LogP contribution is 2.35. The summed E-state index contributed by atoms with van der Waals surface area (Å²) >= 11 is 0. The second-order valence-corrected chi connectivity index (χ2v) is 10.4. The summed E-state index contributed by atoms with van der Waals surface area (Å²) in [6.07, 6.45) is 4.10. The number of nitrogens with zero attached hydrogens (tertiary/aromatic N) is 1. The molecule has 3 aromatic rings. The van der Waals surface area contributed by atoms with Crippen molar-refractivity contribution in [3.8, 4) is 5.75 Å². The number of aryl methyl sites for hydroxylation is 1. The van der Waals surface area contributed by atoms with E-state index in [1.807, 2.05) is 42.5 Å². The Morgan fingerprint density at radius 3 is 2.56 bits per heavy atom. The van der Waals surface area contributed by atoms with Gasteiger partial charge in [-0.15, -0.1) is 0 Å². The van der Waals surface area contributed by atoms with Crippen molar-refractivity contribution in [2.75, 3.05) is 17.5 Å². The van der Waals surface area contributed by atoms with Crippen molar-refractivity contribution in [3.05, 3.63) is 95.6 Å². The van der Waals surface area contributed by atoms with E-state index in [1.165, 1.54) is 4.31 Å². The molecule has 0 radical (unpaired) electrons. The Morgan fingerprint density at radius 2 is 1.78 bits per heavy atom. The first-order valence-corrected chi connectivity index (χ1v) is 13.3. The summed E-state index contributed by atoms with van der Waals surface area (Å²) < 4.78 is 33.5. The molecule has 0 saturated carbocycles. The minimum atomic E-state index is -3.64. The van der Waals surface area contributed by atoms with Crippen LogP contribution in [0.1, 0.15) is 29.5 Å². The van der Waals surface area contributed by atoms with E-state index in [1.54, 1.807) is 42.5 Å². The summed E-state index contributed by atoms with van der Waals surface area (Å²) in [7, 11) is -3.64. The summed E-state index contributed by atoms with van der Waals surface area (Å²) in [5.41, 5.74) is 3.29. The molecule has 1 aliphatic heterocycles. The molecule has 1 heterocycles. The van der Waals surface area contributed by atoms with Crippen molar-refractivity contribution in [1.29, 1.82) is 0 Å². The quantitative estimate of drug-likeness (QED) is 0.401. The molecule has 4 rings (SSSR count). The molecule has 0 fully saturated rings. The fourth-order valence-electron chi connectivity index (χ4n) is 4.25. The lowest BCUT2D eigenvalue weighted by molar-refractivity contribution is -0.136. The minimum absolute atomic E-state index is 0.0250. The van der Waals surface area contributed by atoms with Crippen LogP contribution in [-0.4, -0.2) is 43.9 Å². The normalized spacial score (nSPS) is 14.1. The Balaban J connectivity index is 1.39. The number of carboxylic acids is 1. The van der Waals surface area contributed by atoms with Gasteiger partial charge in [0.05, 0.1) is 23.3 Å². The number of aliphatic hydroxyl groups excluding tert-OH is 1. The second kappa shape index (κ2) is 11.4. The first-order valence-electron chi connectivity index (χ1n) is 11.8. The van der Waals surface area contributed by atoms with Gasteiger partial charge < -0.3 is 14.9 Å². The molecule has 3 aromatic carbocycles. The predicted octanol–water partition coefficient (Wildman–Crippen LogP) is 4.30. The minimum Gasteiger partial charge on any atom is -0.493 e. The Hall–Kier alpha value is -3.62. The number of aliphatic hydroxyl groups is 1. The predicted molar refractivity (Wildman–Crippen MR) is 139 cm³/mol. The van der Waals surface area contributed by atoms with Gasteiger partial charge in [-0.2, -0.15) is 0 Å². The molecule has 0 spiro atoms. The number of ether oxygens (including phenoxy) is 1. The largest absolute Gasteiger partial charge is 0.493 e. The molecule has 0 aromatic heterocycles. The average Bonchev–Trinajstić information content (AvgIpc) is 3.33. The van der Waals surface area contributed by atoms with Gasteiger partial charge in [0.2, 0.25) is 0 Å². The molecule has 0 aliphatic carbocycles. The average molecular weight is 508 g/mol. The van der Waals surface area contributed by atoms with Gasteiger partial charge in [-0.05, 0) is 53.8 Å². The number of carboxylic acid groups (broad SMARTS) is 1. The molecule has 8 heteroatoms. The maximum Gasteiger partial charge on any atom is 0.303 e. The summed E-state index contributed by atoms with van der Waals surface area (Å²) in [6.45, 7) is 0.640. The van der Waals surface area contributed by atoms with Crippen LogP contribution in [0, 0.1) is 0 Å². The van der Waals surface area contributed by atoms with Crippen molar-refractivity contribution < 1.29 is 28.2 Å². The number of fused-ring (bicyclic) bond motifs is 1. The zero-order chi connectivity index (χ0) is 25.5. The van der Waals surface area contributed by atoms with E-state index < -0.39 is 22.1 Å². The maximum atomic E-state index is 13.1. The molecule has 0 unspecified atom stereocenters. The van der Waals surface area contributed by atoms with Crippen molar-refractivity contribution in [2.45, 2.75) is 36.7 Å². The third-order valence-electron chi connectivity index (χ3n) is 6.10. The van der Waals surface area contributed by atoms with E-state index in [-0.39, 0.29) is 17.9 Å². The molecule has 7 nitrogen and oxygen atoms in total. The molecule has 0 amide bonds. The standard InChI is InChI=1S/C28H29NO6S/c30-23(18-20-35-27-12-5-4-7-22(27)14-16-28(31)32)15-13-21-8-6-11-26-25(21)17-19-29(26)36(33,34)24-9-2-1-3-10-24/h1-13,15,23,30H,14,16-20H2,(H,31,32)/b15-13+/t23-/m0/s1. The van der Waals surface area contributed by atoms with Crippen molar-refractivity contribution in [2.24, 2.45) is 0 Å². The van der Waals surface area contributed by atoms with Crippen LogP contribution in [0.4, 0.5) is 5.69 Å². The van der Waals surface area contributed by atoms with Crippen molar-refractivity contribution in [3.63, 3.8) is 0 Å². The number of para-hydroxylation sites is 1. The number of sulfonamides is 1. The molecular formula is C28H29NO6S. The molecule has 188 valence electrons. The Bertz CT molecular complexity index is 1340. The summed E-state index contributed by atoms with van der Waals surface area (Å²) in [6, 6.07) is 21.2. The van der Waals surface area contributed by atoms with Crippen LogP contribution in [0.15, 0.2) is 83.8 Å². The third kappa shape index (κ3) is 5.95. The Labute approximate surface area is 211 Å². The van der Waals surface area contributed by atoms with Crippen molar-refractivity contribution in [1.82, 2.24) is 0 Å². The number of hydrogen-bond acceptors (Lipinski definition) is 5. The third-order valence-corrected chi connectivity index (χ3v) is 7.93. The lowest BCUT2D eigenvalue weighted by Gasteiger charge is -2.19. The van der Waals surface area contributed by atoms with Gasteiger partial charge in [0.25, 0.3) is 10.0 Å². The van der Waals surface area contributed by atoms with Crippen LogP contribution < -0.4 is 9.04 Å². The highest BCUT2D eigenvalue weighted by Gasteiger charge is 2.31. The number of carbonyl (C=O) groups is 1. The fraction of sp³-hybridized carbons (Fsp3) is 0.250. The lowest BCUT2D eigenvalue weighted by Crippen LogP contribution is -2.29. The smallest absolute Gasteiger partial charge is 0.303 e. The number of hydrogen-bond donors (Lipinski definition) is 2. The number of benzene rings is 3. The van der Waals surface area contributed by atoms with Gasteiger partial charge in [-0.3, -0.25) is 9.10 Å². The lowest BCUT2D eigenvalue weighted by atomic mass is 10.0. The number of aliphatic carboxylic acids is 1. The molecular weight excluding hydrogens is 478 g/mol. The van der Waals surface area contributed by atoms with E-state index in [0.717, 1.165) is 16.7 Å². The Morgan fingerprint density at radius 1 is 1.03 bits per heavy atom. The van der Waals surface area contributed by atoms with Crippen LogP contribution in [0.5, 0.6) is 5.75 Å². The monoisotopic (exact) mass is 507 g/mol. The molecule has 2 N–H and O–H groups in total. The van der Waals surface area contributed by atoms with Crippen molar-refractivity contribution >= 4 is 27.8 Å². The van der Waals surface area contributed by atoms with Crippen LogP contribution in [-0.2, 0) is 27.7 Å². The van der Waals surface area contributed by atoms with E-state index in [9.17, 15) is 18.3 Å². The van der Waals surface area contributed by atoms with Gasteiger partial charge in [0, 0.05) is 19.4 Å². The highest BCUT2D eigenvalue weighted by atomic mass is 32.2. The number of rotatable bonds is 11. The van der Waals surface area contributed by atoms with E-state index in [4.69, 9.17) is 9.84 Å². The summed E-state index contributed by atoms with van der Waals surface area (Å²) in [5.74, 6) is -0.242. The van der Waals surface area contributed by atoms with Crippen LogP contribution >= 0.6 is 0 Å². The SMILES string of the molecule is O=C(O)CCc1ccccc1OCC[C@@H](O)/C=C/c1cccc2c1CCN2S(=O)(=O)c1ccccc1. The van der Waals surface area contributed by atoms with Crippen LogP contribution in [0.25, 0.3) is 6.08 Å². The van der Waals surface area contributed by atoms with E-state index in [0.29, 0.717) is 37.2 Å². The van der Waals surface area contributed by atoms with Gasteiger partial charge in [0.1, 0.15) is 5.75 Å². The molecule has 1 aliphatic rings. The zero-order valence-electron chi connectivity index (χ0n) is 19.8. The topological polar surface area (TPSA) is 104 Å². The molecule has 0 bridgehead atoms. The van der Waals surface area contributed by atoms with Gasteiger partial charge in [0.15, 0.2) is 0 Å². The van der Waals surface area contributed by atoms with E-state index >= 15 is 0 Å². The van der Waals surface area contributed by atoms with Gasteiger partial charge in [-0.1, -0.05) is 60.7 Å².